The van der Waals surface area contributed by atoms with Crippen LogP contribution in [0.3, 0.4) is 0 Å². The first-order valence-corrected chi connectivity index (χ1v) is 7.05. The number of rotatable bonds is 5. The van der Waals surface area contributed by atoms with Gasteiger partial charge in [0, 0.05) is 36.4 Å². The largest absolute Gasteiger partial charge is 0.338 e. The van der Waals surface area contributed by atoms with Crippen LogP contribution in [0.5, 0.6) is 0 Å². The average molecular weight is 326 g/mol. The molecule has 0 spiro atoms. The fraction of sp³-hybridized carbons (Fsp3) is 0.357. The van der Waals surface area contributed by atoms with Crippen LogP contribution in [0.15, 0.2) is 35.1 Å². The van der Waals surface area contributed by atoms with Crippen LogP contribution < -0.4 is 5.32 Å². The molecule has 0 fully saturated rings. The summed E-state index contributed by atoms with van der Waals surface area (Å²) in [5, 5.41) is 3.38. The lowest BCUT2D eigenvalue weighted by Gasteiger charge is -2.19. The van der Waals surface area contributed by atoms with Crippen molar-refractivity contribution in [1.82, 2.24) is 14.9 Å². The summed E-state index contributed by atoms with van der Waals surface area (Å²) in [5.74, 6) is 0.753. The fourth-order valence-corrected chi connectivity index (χ4v) is 2.62. The van der Waals surface area contributed by atoms with Gasteiger partial charge in [-0.05, 0) is 30.3 Å². The number of halogens is 2. The molecule has 1 aromatic heterocycles. The zero-order chi connectivity index (χ0) is 13.8. The van der Waals surface area contributed by atoms with E-state index in [1.165, 1.54) is 6.07 Å². The zero-order valence-corrected chi connectivity index (χ0v) is 12.6. The molecule has 0 amide bonds. The van der Waals surface area contributed by atoms with Crippen molar-refractivity contribution in [2.45, 2.75) is 19.4 Å². The average Bonchev–Trinajstić information content (AvgIpc) is 2.78. The lowest BCUT2D eigenvalue weighted by Crippen LogP contribution is -2.24. The minimum atomic E-state index is -0.221. The number of nitrogens with one attached hydrogen (secondary N) is 1. The van der Waals surface area contributed by atoms with Crippen LogP contribution in [-0.4, -0.2) is 16.1 Å². The molecule has 0 aliphatic heterocycles. The van der Waals surface area contributed by atoms with Gasteiger partial charge in [-0.3, -0.25) is 0 Å². The van der Waals surface area contributed by atoms with Gasteiger partial charge in [-0.1, -0.05) is 22.9 Å². The van der Waals surface area contributed by atoms with Crippen LogP contribution in [0.1, 0.15) is 24.4 Å². The molecular formula is C14H17BrFN3. The van der Waals surface area contributed by atoms with Crippen LogP contribution in [-0.2, 0) is 13.5 Å². The van der Waals surface area contributed by atoms with Crippen molar-refractivity contribution in [3.05, 3.63) is 52.3 Å². The molecule has 1 N–H and O–H groups in total. The number of likely N-dealkylation sites (N-methyl/N-ethyl adjacent to an activating group) is 1. The molecule has 1 heterocycles. The van der Waals surface area contributed by atoms with Crippen LogP contribution in [0.25, 0.3) is 0 Å². The predicted molar refractivity (Wildman–Crippen MR) is 77.4 cm³/mol. The summed E-state index contributed by atoms with van der Waals surface area (Å²) in [6.07, 6.45) is 4.41. The SMILES string of the molecule is CCNC(Cc1nccn1C)c1cc(F)ccc1Br. The van der Waals surface area contributed by atoms with E-state index in [0.717, 1.165) is 28.8 Å². The monoisotopic (exact) mass is 325 g/mol. The van der Waals surface area contributed by atoms with Crippen LogP contribution in [0.4, 0.5) is 4.39 Å². The van der Waals surface area contributed by atoms with E-state index < -0.39 is 0 Å². The van der Waals surface area contributed by atoms with Gasteiger partial charge in [0.15, 0.2) is 0 Å². The third-order valence-corrected chi connectivity index (χ3v) is 3.81. The molecule has 1 unspecified atom stereocenters. The first-order valence-electron chi connectivity index (χ1n) is 6.26. The number of imidazole rings is 1. The minimum Gasteiger partial charge on any atom is -0.338 e. The summed E-state index contributed by atoms with van der Waals surface area (Å²) in [7, 11) is 1.96. The molecular weight excluding hydrogens is 309 g/mol. The Kier molecular flexibility index (Phi) is 4.71. The molecule has 102 valence electrons. The maximum Gasteiger partial charge on any atom is 0.123 e. The quantitative estimate of drug-likeness (QED) is 0.914. The Labute approximate surface area is 121 Å². The van der Waals surface area contributed by atoms with Crippen molar-refractivity contribution in [2.24, 2.45) is 7.05 Å². The first kappa shape index (κ1) is 14.2. The van der Waals surface area contributed by atoms with E-state index in [1.807, 2.05) is 24.7 Å². The van der Waals surface area contributed by atoms with E-state index >= 15 is 0 Å². The summed E-state index contributed by atoms with van der Waals surface area (Å²) in [6, 6.07) is 4.81. The molecule has 3 nitrogen and oxygen atoms in total. The number of hydrogen-bond acceptors (Lipinski definition) is 2. The highest BCUT2D eigenvalue weighted by Gasteiger charge is 2.17. The van der Waals surface area contributed by atoms with Gasteiger partial charge in [-0.2, -0.15) is 0 Å². The Morgan fingerprint density at radius 3 is 2.89 bits per heavy atom. The maximum absolute atomic E-state index is 13.4. The van der Waals surface area contributed by atoms with Crippen molar-refractivity contribution < 1.29 is 4.39 Å². The molecule has 0 saturated carbocycles. The van der Waals surface area contributed by atoms with E-state index in [0.29, 0.717) is 0 Å². The van der Waals surface area contributed by atoms with Gasteiger partial charge in [0.2, 0.25) is 0 Å². The van der Waals surface area contributed by atoms with Crippen LogP contribution in [0.2, 0.25) is 0 Å². The summed E-state index contributed by atoms with van der Waals surface area (Å²) in [6.45, 7) is 2.86. The lowest BCUT2D eigenvalue weighted by atomic mass is 10.0. The van der Waals surface area contributed by atoms with Gasteiger partial charge in [-0.15, -0.1) is 0 Å². The van der Waals surface area contributed by atoms with E-state index in [-0.39, 0.29) is 11.9 Å². The standard InChI is InChI=1S/C14H17BrFN3/c1-3-17-13(9-14-18-6-7-19(14)2)11-8-10(16)4-5-12(11)15/h4-8,13,17H,3,9H2,1-2H3. The van der Waals surface area contributed by atoms with E-state index in [4.69, 9.17) is 0 Å². The molecule has 0 aliphatic rings. The van der Waals surface area contributed by atoms with Gasteiger partial charge >= 0.3 is 0 Å². The second-order valence-electron chi connectivity index (χ2n) is 4.43. The van der Waals surface area contributed by atoms with Crippen LogP contribution >= 0.6 is 15.9 Å². The van der Waals surface area contributed by atoms with Crippen LogP contribution in [0, 0.1) is 5.82 Å². The Hall–Kier alpha value is -1.20. The highest BCUT2D eigenvalue weighted by atomic mass is 79.9. The van der Waals surface area contributed by atoms with Gasteiger partial charge < -0.3 is 9.88 Å². The summed E-state index contributed by atoms with van der Waals surface area (Å²) < 4.78 is 16.3. The fourth-order valence-electron chi connectivity index (χ4n) is 2.10. The predicted octanol–water partition coefficient (Wildman–Crippen LogP) is 3.22. The summed E-state index contributed by atoms with van der Waals surface area (Å²) >= 11 is 3.49. The Balaban J connectivity index is 2.29. The van der Waals surface area contributed by atoms with E-state index in [1.54, 1.807) is 18.3 Å². The highest BCUT2D eigenvalue weighted by Crippen LogP contribution is 2.26. The zero-order valence-electron chi connectivity index (χ0n) is 11.0. The van der Waals surface area contributed by atoms with Gasteiger partial charge in [-0.25, -0.2) is 9.37 Å². The van der Waals surface area contributed by atoms with Gasteiger partial charge in [0.25, 0.3) is 0 Å². The normalized spacial score (nSPS) is 12.6. The molecule has 0 saturated heterocycles. The van der Waals surface area contributed by atoms with Crippen molar-refractivity contribution in [3.8, 4) is 0 Å². The number of aromatic nitrogens is 2. The van der Waals surface area contributed by atoms with Gasteiger partial charge in [0.1, 0.15) is 11.6 Å². The second kappa shape index (κ2) is 6.30. The highest BCUT2D eigenvalue weighted by molar-refractivity contribution is 9.10. The number of benzene rings is 1. The Morgan fingerprint density at radius 1 is 1.47 bits per heavy atom. The van der Waals surface area contributed by atoms with Crippen molar-refractivity contribution in [3.63, 3.8) is 0 Å². The molecule has 1 atom stereocenters. The van der Waals surface area contributed by atoms with E-state index in [9.17, 15) is 4.39 Å². The molecule has 19 heavy (non-hydrogen) atoms. The van der Waals surface area contributed by atoms with Gasteiger partial charge in [0.05, 0.1) is 0 Å². The second-order valence-corrected chi connectivity index (χ2v) is 5.29. The summed E-state index contributed by atoms with van der Waals surface area (Å²) in [4.78, 5) is 4.33. The Morgan fingerprint density at radius 2 is 2.26 bits per heavy atom. The maximum atomic E-state index is 13.4. The van der Waals surface area contributed by atoms with Crippen molar-refractivity contribution >= 4 is 15.9 Å². The molecule has 0 aliphatic carbocycles. The minimum absolute atomic E-state index is 0.0381. The van der Waals surface area contributed by atoms with Crippen molar-refractivity contribution in [2.75, 3.05) is 6.54 Å². The van der Waals surface area contributed by atoms with E-state index in [2.05, 4.69) is 26.2 Å². The topological polar surface area (TPSA) is 29.9 Å². The molecule has 1 aromatic carbocycles. The smallest absolute Gasteiger partial charge is 0.123 e. The molecule has 2 rings (SSSR count). The third-order valence-electron chi connectivity index (χ3n) is 3.09. The number of nitrogens with zero attached hydrogens (tertiary/aromatic N) is 2. The first-order chi connectivity index (χ1) is 9.11. The summed E-state index contributed by atoms with van der Waals surface area (Å²) in [5.41, 5.74) is 0.921. The number of aryl methyl sites for hydroxylation is 1. The lowest BCUT2D eigenvalue weighted by molar-refractivity contribution is 0.522. The molecule has 0 radical (unpaired) electrons. The third kappa shape index (κ3) is 3.42. The molecule has 0 bridgehead atoms. The molecule has 2 aromatic rings. The molecule has 5 heteroatoms. The van der Waals surface area contributed by atoms with Crippen molar-refractivity contribution in [1.29, 1.82) is 0 Å². The Bertz CT molecular complexity index is 553. The number of hydrogen-bond donors (Lipinski definition) is 1.